The van der Waals surface area contributed by atoms with Crippen molar-refractivity contribution in [2.45, 2.75) is 169 Å². The molecule has 0 amide bonds. The molecule has 0 spiro atoms. The van der Waals surface area contributed by atoms with E-state index in [1.165, 1.54) is 89.8 Å². The van der Waals surface area contributed by atoms with Crippen LogP contribution in [0, 0.1) is 47.2 Å². The number of Topliss-reactive ketones (excluding diaryl/α,β-unsaturated/α-hetero) is 4. The zero-order valence-corrected chi connectivity index (χ0v) is 56.1. The Morgan fingerprint density at radius 1 is 0.479 bits per heavy atom. The van der Waals surface area contributed by atoms with Crippen LogP contribution in [-0.4, -0.2) is 152 Å². The Morgan fingerprint density at radius 2 is 0.872 bits per heavy atom. The van der Waals surface area contributed by atoms with Gasteiger partial charge in [-0.15, -0.1) is 0 Å². The highest BCUT2D eigenvalue weighted by Crippen LogP contribution is 2.48. The average Bonchev–Trinajstić information content (AvgIpc) is 0.664. The molecule has 0 N–H and O–H groups in total. The number of carbonyl (C=O) groups is 4. The van der Waals surface area contributed by atoms with Gasteiger partial charge in [-0.1, -0.05) is 68.0 Å². The maximum atomic E-state index is 13.8. The first-order valence-corrected chi connectivity index (χ1v) is 31.4. The molecule has 10 atom stereocenters. The number of aryl methyl sites for hydroxylation is 1. The van der Waals surface area contributed by atoms with Crippen molar-refractivity contribution in [1.29, 1.82) is 0 Å². The summed E-state index contributed by atoms with van der Waals surface area (Å²) in [5.74, 6) is -16.8. The number of hydrogen-bond donors (Lipinski definition) is 0. The van der Waals surface area contributed by atoms with Crippen LogP contribution in [0.25, 0.3) is 0 Å². The number of piperidine rings is 4. The molecule has 0 radical (unpaired) electrons. The predicted octanol–water partition coefficient (Wildman–Crippen LogP) is 13.7. The minimum atomic E-state index is -4.04. The molecule has 516 valence electrons. The van der Waals surface area contributed by atoms with Crippen molar-refractivity contribution in [2.75, 3.05) is 109 Å². The molecule has 4 saturated heterocycles. The van der Waals surface area contributed by atoms with Gasteiger partial charge in [0.2, 0.25) is 0 Å². The molecule has 94 heavy (non-hydrogen) atoms. The molecule has 12 rings (SSSR count). The van der Waals surface area contributed by atoms with Crippen molar-refractivity contribution in [2.24, 2.45) is 47.2 Å². The molecule has 10 unspecified atom stereocenters. The van der Waals surface area contributed by atoms with Gasteiger partial charge in [0, 0.05) is 169 Å². The van der Waals surface area contributed by atoms with Gasteiger partial charge in [0.1, 0.15) is 23.1 Å². The molecule has 4 aromatic rings. The monoisotopic (exact) mass is 1330 g/mol. The second kappa shape index (κ2) is 32.7. The van der Waals surface area contributed by atoms with Crippen molar-refractivity contribution < 1.29 is 102 Å². The third-order valence-corrected chi connectivity index (χ3v) is 17.4. The van der Waals surface area contributed by atoms with Gasteiger partial charge in [-0.2, -0.15) is 0 Å². The summed E-state index contributed by atoms with van der Waals surface area (Å²) in [4.78, 5) is 57.8. The number of fused-ring (bicyclic) bond motifs is 12. The summed E-state index contributed by atoms with van der Waals surface area (Å²) in [5, 5.41) is 0. The molecule has 0 aliphatic carbocycles. The van der Waals surface area contributed by atoms with Crippen LogP contribution < -0.4 is 37.9 Å². The van der Waals surface area contributed by atoms with Crippen LogP contribution in [0.5, 0.6) is 46.0 Å². The lowest BCUT2D eigenvalue weighted by molar-refractivity contribution is -0.130. The zero-order chi connectivity index (χ0) is 97.0. The fourth-order valence-corrected chi connectivity index (χ4v) is 12.7. The molecule has 8 aliphatic heterocycles. The molecule has 16 heteroatoms. The van der Waals surface area contributed by atoms with E-state index in [4.69, 9.17) is 83.1 Å². The number of hydrogen-bond acceptors (Lipinski definition) is 16. The van der Waals surface area contributed by atoms with Crippen LogP contribution in [0.3, 0.4) is 0 Å². The minimum Gasteiger partial charge on any atom is -0.493 e. The van der Waals surface area contributed by atoms with E-state index in [0.29, 0.717) is 77.4 Å². The molecule has 16 nitrogen and oxygen atoms in total. The Kier molecular flexibility index (Phi) is 13.9. The third-order valence-electron chi connectivity index (χ3n) is 17.4. The van der Waals surface area contributed by atoms with E-state index in [9.17, 15) is 19.2 Å². The number of carbonyl (C=O) groups excluding carboxylic acids is 4. The quantitative estimate of drug-likeness (QED) is 0.0926. The average molecular weight is 1330 g/mol. The third kappa shape index (κ3) is 16.4. The molecule has 0 bridgehead atoms. The molecule has 4 aromatic carbocycles. The van der Waals surface area contributed by atoms with Crippen molar-refractivity contribution in [1.82, 2.24) is 19.6 Å². The highest BCUT2D eigenvalue weighted by molar-refractivity contribution is 5.85. The van der Waals surface area contributed by atoms with E-state index >= 15 is 0 Å². The molecular weight excluding hydrogens is 1180 g/mol. The van der Waals surface area contributed by atoms with Gasteiger partial charge in [-0.05, 0) is 168 Å². The highest BCUT2D eigenvalue weighted by Gasteiger charge is 2.43. The number of ether oxygens (including phenoxy) is 8. The molecule has 8 aliphatic rings. The zero-order valence-electron chi connectivity index (χ0n) is 89.1. The van der Waals surface area contributed by atoms with Gasteiger partial charge in [-0.25, -0.2) is 0 Å². The van der Waals surface area contributed by atoms with Gasteiger partial charge >= 0.3 is 0 Å². The Bertz CT molecular complexity index is 4820. The predicted molar refractivity (Wildman–Crippen MR) is 370 cm³/mol. The number of nitrogens with zero attached hydrogens (tertiary/aromatic N) is 4. The number of methoxy groups -OCH3 is 8. The maximum absolute atomic E-state index is 13.8. The van der Waals surface area contributed by atoms with Crippen molar-refractivity contribution in [3.05, 3.63) is 93.0 Å². The van der Waals surface area contributed by atoms with Gasteiger partial charge in [0.05, 0.1) is 58.2 Å². The summed E-state index contributed by atoms with van der Waals surface area (Å²) in [7, 11) is 11.5. The van der Waals surface area contributed by atoms with Crippen molar-refractivity contribution in [3.8, 4) is 46.0 Å². The molecular formula is C78H112N4O12. The first kappa shape index (κ1) is 39.9. The Morgan fingerprint density at radius 3 is 1.32 bits per heavy atom. The van der Waals surface area contributed by atoms with E-state index < -0.39 is 161 Å². The lowest BCUT2D eigenvalue weighted by Crippen LogP contribution is -2.46. The summed E-state index contributed by atoms with van der Waals surface area (Å²) in [5.41, 5.74) is 3.69. The van der Waals surface area contributed by atoms with Gasteiger partial charge < -0.3 is 37.9 Å². The van der Waals surface area contributed by atoms with Crippen molar-refractivity contribution >= 4 is 23.1 Å². The summed E-state index contributed by atoms with van der Waals surface area (Å²) in [6.45, 7) is -9.02. The van der Waals surface area contributed by atoms with Crippen LogP contribution in [-0.2, 0) is 44.8 Å². The largest absolute Gasteiger partial charge is 0.493 e. The van der Waals surface area contributed by atoms with E-state index in [1.54, 1.807) is 30.3 Å². The lowest BCUT2D eigenvalue weighted by atomic mass is 9.79. The van der Waals surface area contributed by atoms with Crippen LogP contribution in [0.2, 0.25) is 0 Å². The Labute approximate surface area is 608 Å². The normalized spacial score (nSPS) is 37.4. The topological polar surface area (TPSA) is 155 Å². The van der Waals surface area contributed by atoms with E-state index in [1.807, 2.05) is 27.7 Å². The smallest absolute Gasteiger partial charge is 0.161 e. The van der Waals surface area contributed by atoms with Crippen molar-refractivity contribution in [3.63, 3.8) is 0 Å². The summed E-state index contributed by atoms with van der Waals surface area (Å²) in [6.07, 6.45) is -20.5. The summed E-state index contributed by atoms with van der Waals surface area (Å²) < 4.78 is 321. The van der Waals surface area contributed by atoms with E-state index in [-0.39, 0.29) is 97.7 Å². The van der Waals surface area contributed by atoms with Crippen LogP contribution in [0.15, 0.2) is 48.5 Å². The number of rotatable bonds is 18. The molecule has 4 fully saturated rings. The SMILES string of the molecule is [2H]C1([2H])C(=O)C([2H])(C([2H])([2H])C([2H])(C([2H])([2H])[2H])C([2H])([2H])C)C([2H])([2H])N2CCc3cc(OC)c(OC)cc3C21.[2H]C1([2H])C(=O)C([2H])(CC(C)C)C([2H])([2H])N2CCc3cc(OC)c(OC)cc3C21.[2H]C1([2H])C(C([2H])([2H])C([2H])(C([2H])([2H])[2H])C([2H])([2H])C)C(=O)CC2c3cc(OC)c(OC)cc3CCN21.[2H]C12CC(=O)C(CC(C)C)CN1C([2H])([2H])C([2H])([2H])c1cc(OC)c(OC)cc12. The Balaban J connectivity index is 0.000000193. The summed E-state index contributed by atoms with van der Waals surface area (Å²) >= 11 is 0. The van der Waals surface area contributed by atoms with Gasteiger partial charge in [0.25, 0.3) is 0 Å². The minimum absolute atomic E-state index is 0.0147. The first-order chi connectivity index (χ1) is 57.7. The second-order valence-corrected chi connectivity index (χ2v) is 24.3. The lowest BCUT2D eigenvalue weighted by Gasteiger charge is -2.43. The molecule has 0 aromatic heterocycles. The van der Waals surface area contributed by atoms with Crippen LogP contribution in [0.4, 0.5) is 0 Å². The van der Waals surface area contributed by atoms with Gasteiger partial charge in [0.15, 0.2) is 46.0 Å². The molecule has 8 heterocycles. The van der Waals surface area contributed by atoms with Gasteiger partial charge in [-0.3, -0.25) is 38.8 Å². The summed E-state index contributed by atoms with van der Waals surface area (Å²) in [6, 6.07) is 7.41. The van der Waals surface area contributed by atoms with E-state index in [2.05, 4.69) is 0 Å². The highest BCUT2D eigenvalue weighted by atomic mass is 16.5. The second-order valence-electron chi connectivity index (χ2n) is 24.3. The first-order valence-electron chi connectivity index (χ1n) is 47.9. The number of benzene rings is 4. The fourth-order valence-electron chi connectivity index (χ4n) is 12.7. The fraction of sp³-hybridized carbons (Fsp3) is 0.641. The van der Waals surface area contributed by atoms with Crippen LogP contribution in [0.1, 0.15) is 233 Å². The Hall–Kier alpha value is -6.20. The standard InChI is InChI=1S/2C20H29NO3.2C19H27NO3/c2*1-5-13(2)8-15-12-21-7-6-14-9-19(23-3)20(24-4)10-16(14)17(21)11-18(15)22;2*1-12(2)7-14-11-20-6-5-13-8-18(22-3)19(23-4)9-15(13)16(20)10-17(14)21/h2*9-10,13,15,17H,5-8,11-12H2,1-4H3;2*8-9,12,14,16H,5-7,10-11H2,1-4H3/i2D3,5D2,8D2,11D2,12D2,13D,15D;2D3,5D2,8D2,12D2,13D;10D2,11D2,14D;5D2,6D2,16D. The molecule has 0 saturated carbocycles. The number of ketones is 4. The maximum Gasteiger partial charge on any atom is 0.161 e. The van der Waals surface area contributed by atoms with Crippen LogP contribution >= 0.6 is 0 Å². The van der Waals surface area contributed by atoms with E-state index in [0.717, 1.165) is 23.0 Å².